The number of fused-ring (bicyclic) bond motifs is 1. The molecule has 0 spiro atoms. The summed E-state index contributed by atoms with van der Waals surface area (Å²) in [7, 11) is 1.30. The van der Waals surface area contributed by atoms with Crippen molar-refractivity contribution in [3.05, 3.63) is 62.8 Å². The van der Waals surface area contributed by atoms with Crippen molar-refractivity contribution in [2.75, 3.05) is 20.3 Å². The molecule has 2 heterocycles. The van der Waals surface area contributed by atoms with Crippen molar-refractivity contribution in [3.63, 3.8) is 0 Å². The summed E-state index contributed by atoms with van der Waals surface area (Å²) >= 11 is 0. The summed E-state index contributed by atoms with van der Waals surface area (Å²) < 4.78 is 20.1. The van der Waals surface area contributed by atoms with Crippen molar-refractivity contribution in [1.29, 1.82) is 0 Å². The van der Waals surface area contributed by atoms with Crippen LogP contribution in [0.2, 0.25) is 0 Å². The standard InChI is InChI=1S/C22H24FN3O6/c1-12(8-13-4-6-14(23)7-5-13)19-17-16(24-2)18(28)15(20(29)25-3)21(30)26(17)9-22(31,10-27)11-32-19/h4-7,27-28,31H,2,8-11H2,1,3H3,(H,25,29)/b19-12-. The highest BCUT2D eigenvalue weighted by molar-refractivity contribution is 5.99. The molecule has 0 fully saturated rings. The number of pyridine rings is 1. The number of benzene rings is 1. The number of carbonyl (C=O) groups is 1. The second-order valence-corrected chi connectivity index (χ2v) is 7.63. The quantitative estimate of drug-likeness (QED) is 0.510. The molecule has 3 rings (SSSR count). The molecular weight excluding hydrogens is 421 g/mol. The van der Waals surface area contributed by atoms with Gasteiger partial charge in [-0.2, -0.15) is 0 Å². The van der Waals surface area contributed by atoms with Crippen molar-refractivity contribution in [1.82, 2.24) is 9.88 Å². The maximum absolute atomic E-state index is 13.3. The molecule has 32 heavy (non-hydrogen) atoms. The minimum Gasteiger partial charge on any atom is -0.505 e. The van der Waals surface area contributed by atoms with Gasteiger partial charge >= 0.3 is 0 Å². The van der Waals surface area contributed by atoms with E-state index in [2.05, 4.69) is 17.0 Å². The molecule has 0 saturated carbocycles. The molecule has 1 unspecified atom stereocenters. The summed E-state index contributed by atoms with van der Waals surface area (Å²) in [6, 6.07) is 5.79. The molecular formula is C22H24FN3O6. The summed E-state index contributed by atoms with van der Waals surface area (Å²) in [6.07, 6.45) is 0.288. The van der Waals surface area contributed by atoms with Crippen LogP contribution in [-0.2, 0) is 17.7 Å². The van der Waals surface area contributed by atoms with Crippen LogP contribution in [0.3, 0.4) is 0 Å². The van der Waals surface area contributed by atoms with Gasteiger partial charge in [-0.1, -0.05) is 12.1 Å². The third-order valence-electron chi connectivity index (χ3n) is 5.24. The predicted octanol–water partition coefficient (Wildman–Crippen LogP) is 1.11. The summed E-state index contributed by atoms with van der Waals surface area (Å²) in [5.41, 5.74) is -2.16. The lowest BCUT2D eigenvalue weighted by Gasteiger charge is -2.23. The van der Waals surface area contributed by atoms with Gasteiger partial charge < -0.3 is 25.4 Å². The number of amides is 1. The summed E-state index contributed by atoms with van der Waals surface area (Å²) in [5.74, 6) is -1.80. The second kappa shape index (κ2) is 8.93. The molecule has 4 N–H and O–H groups in total. The van der Waals surface area contributed by atoms with Gasteiger partial charge in [0.25, 0.3) is 11.5 Å². The fourth-order valence-corrected chi connectivity index (χ4v) is 3.58. The maximum Gasteiger partial charge on any atom is 0.268 e. The maximum atomic E-state index is 13.3. The van der Waals surface area contributed by atoms with Crippen molar-refractivity contribution >= 4 is 24.1 Å². The van der Waals surface area contributed by atoms with E-state index in [0.717, 1.165) is 10.1 Å². The lowest BCUT2D eigenvalue weighted by atomic mass is 10.0. The normalized spacial score (nSPS) is 19.4. The topological polar surface area (TPSA) is 133 Å². The average Bonchev–Trinajstić information content (AvgIpc) is 2.93. The SMILES string of the molecule is C=Nc1c(O)c(C(=O)NC)c(=O)n2c1/C(=C(\C)Cc1ccc(F)cc1)OCC(O)(CO)C2. The van der Waals surface area contributed by atoms with E-state index in [4.69, 9.17) is 4.74 Å². The van der Waals surface area contributed by atoms with Gasteiger partial charge in [-0.3, -0.25) is 19.1 Å². The number of rotatable bonds is 5. The summed E-state index contributed by atoms with van der Waals surface area (Å²) in [5, 5.41) is 33.5. The van der Waals surface area contributed by atoms with Gasteiger partial charge in [-0.15, -0.1) is 0 Å². The fourth-order valence-electron chi connectivity index (χ4n) is 3.58. The van der Waals surface area contributed by atoms with E-state index in [9.17, 15) is 29.3 Å². The lowest BCUT2D eigenvalue weighted by molar-refractivity contribution is -0.0610. The zero-order chi connectivity index (χ0) is 23.6. The predicted molar refractivity (Wildman–Crippen MR) is 116 cm³/mol. The molecule has 1 amide bonds. The van der Waals surface area contributed by atoms with Gasteiger partial charge in [-0.05, 0) is 43.3 Å². The monoisotopic (exact) mass is 445 g/mol. The molecule has 10 heteroatoms. The van der Waals surface area contributed by atoms with Crippen LogP contribution in [0.4, 0.5) is 10.1 Å². The van der Waals surface area contributed by atoms with Crippen LogP contribution < -0.4 is 10.9 Å². The molecule has 170 valence electrons. The Morgan fingerprint density at radius 3 is 2.59 bits per heavy atom. The van der Waals surface area contributed by atoms with E-state index in [1.165, 1.54) is 19.2 Å². The number of hydrogen-bond acceptors (Lipinski definition) is 7. The molecule has 1 atom stereocenters. The second-order valence-electron chi connectivity index (χ2n) is 7.63. The van der Waals surface area contributed by atoms with Crippen molar-refractivity contribution < 1.29 is 29.2 Å². The molecule has 0 bridgehead atoms. The lowest BCUT2D eigenvalue weighted by Crippen LogP contribution is -2.45. The van der Waals surface area contributed by atoms with Crippen LogP contribution in [0.1, 0.15) is 28.5 Å². The third kappa shape index (κ3) is 4.14. The van der Waals surface area contributed by atoms with E-state index in [1.54, 1.807) is 19.1 Å². The van der Waals surface area contributed by atoms with Crippen molar-refractivity contribution in [2.24, 2.45) is 4.99 Å². The summed E-state index contributed by atoms with van der Waals surface area (Å²) in [6.45, 7) is 3.63. The highest BCUT2D eigenvalue weighted by Gasteiger charge is 2.38. The van der Waals surface area contributed by atoms with Gasteiger partial charge in [0.2, 0.25) is 0 Å². The first-order chi connectivity index (χ1) is 15.2. The number of aliphatic hydroxyl groups excluding tert-OH is 1. The zero-order valence-electron chi connectivity index (χ0n) is 17.7. The largest absolute Gasteiger partial charge is 0.505 e. The average molecular weight is 445 g/mol. The number of hydrogen-bond donors (Lipinski definition) is 4. The minimum atomic E-state index is -1.84. The molecule has 1 aromatic carbocycles. The number of aliphatic hydroxyl groups is 2. The smallest absolute Gasteiger partial charge is 0.268 e. The van der Waals surface area contributed by atoms with Crippen molar-refractivity contribution in [3.8, 4) is 5.75 Å². The number of nitrogens with one attached hydrogen (secondary N) is 1. The number of aromatic nitrogens is 1. The Bertz CT molecular complexity index is 1160. The Morgan fingerprint density at radius 1 is 1.38 bits per heavy atom. The van der Waals surface area contributed by atoms with Gasteiger partial charge in [0.1, 0.15) is 40.7 Å². The number of allylic oxidation sites excluding steroid dienone is 1. The Morgan fingerprint density at radius 2 is 2.03 bits per heavy atom. The van der Waals surface area contributed by atoms with Gasteiger partial charge in [0, 0.05) is 7.05 Å². The van der Waals surface area contributed by atoms with Crippen LogP contribution in [0, 0.1) is 5.82 Å². The molecule has 0 radical (unpaired) electrons. The number of aliphatic imine (C=N–C) groups is 1. The number of aromatic hydroxyl groups is 1. The number of nitrogens with zero attached hydrogens (tertiary/aromatic N) is 2. The van der Waals surface area contributed by atoms with Crippen LogP contribution in [0.15, 0.2) is 39.6 Å². The zero-order valence-corrected chi connectivity index (χ0v) is 17.7. The number of ether oxygens (including phenoxy) is 1. The van der Waals surface area contributed by atoms with Crippen molar-refractivity contribution in [2.45, 2.75) is 25.5 Å². The Labute approximate surface area is 183 Å². The fraction of sp³-hybridized carbons (Fsp3) is 0.318. The first-order valence-corrected chi connectivity index (χ1v) is 9.75. The first kappa shape index (κ1) is 23.2. The van der Waals surface area contributed by atoms with Crippen LogP contribution in [-0.4, -0.2) is 58.4 Å². The van der Waals surface area contributed by atoms with Crippen LogP contribution >= 0.6 is 0 Å². The Balaban J connectivity index is 2.32. The Hall–Kier alpha value is -3.50. The molecule has 1 aliphatic heterocycles. The third-order valence-corrected chi connectivity index (χ3v) is 5.24. The summed E-state index contributed by atoms with van der Waals surface area (Å²) in [4.78, 5) is 29.3. The first-order valence-electron chi connectivity index (χ1n) is 9.75. The van der Waals surface area contributed by atoms with Gasteiger partial charge in [0.15, 0.2) is 5.75 Å². The Kier molecular flexibility index (Phi) is 6.47. The molecule has 9 nitrogen and oxygen atoms in total. The minimum absolute atomic E-state index is 0.0131. The van der Waals surface area contributed by atoms with Gasteiger partial charge in [0.05, 0.1) is 13.2 Å². The highest BCUT2D eigenvalue weighted by Crippen LogP contribution is 2.40. The van der Waals surface area contributed by atoms with E-state index >= 15 is 0 Å². The number of carbonyl (C=O) groups excluding carboxylic acids is 1. The number of halogens is 1. The van der Waals surface area contributed by atoms with E-state index in [1.807, 2.05) is 0 Å². The van der Waals surface area contributed by atoms with E-state index in [0.29, 0.717) is 5.57 Å². The van der Waals surface area contributed by atoms with Crippen LogP contribution in [0.5, 0.6) is 5.75 Å². The molecule has 1 aliphatic rings. The van der Waals surface area contributed by atoms with E-state index < -0.39 is 41.5 Å². The molecule has 1 aromatic heterocycles. The molecule has 0 saturated heterocycles. The van der Waals surface area contributed by atoms with Gasteiger partial charge in [-0.25, -0.2) is 4.39 Å². The van der Waals surface area contributed by atoms with E-state index in [-0.39, 0.29) is 36.0 Å². The molecule has 2 aromatic rings. The molecule has 0 aliphatic carbocycles. The highest BCUT2D eigenvalue weighted by atomic mass is 19.1. The van der Waals surface area contributed by atoms with Crippen LogP contribution in [0.25, 0.3) is 5.76 Å².